The molecule has 0 unspecified atom stereocenters. The second-order valence-electron chi connectivity index (χ2n) is 7.02. The lowest BCUT2D eigenvalue weighted by Crippen LogP contribution is -2.34. The molecule has 0 fully saturated rings. The topological polar surface area (TPSA) is 63.9 Å². The van der Waals surface area contributed by atoms with E-state index in [1.807, 2.05) is 65.7 Å². The lowest BCUT2D eigenvalue weighted by atomic mass is 10.0. The van der Waals surface area contributed by atoms with Gasteiger partial charge in [-0.15, -0.1) is 21.5 Å². The molecule has 0 N–H and O–H groups in total. The van der Waals surface area contributed by atoms with Crippen LogP contribution in [-0.2, 0) is 17.6 Å². The highest BCUT2D eigenvalue weighted by atomic mass is 32.1. The minimum atomic E-state index is -0.588. The largest absolute Gasteiger partial charge is 0.279 e. The van der Waals surface area contributed by atoms with Crippen molar-refractivity contribution in [2.75, 3.05) is 4.90 Å². The van der Waals surface area contributed by atoms with Crippen molar-refractivity contribution in [1.29, 1.82) is 0 Å². The van der Waals surface area contributed by atoms with E-state index in [-0.39, 0.29) is 5.91 Å². The Hall–Kier alpha value is -3.32. The molecule has 2 aromatic heterocycles. The molecule has 0 aliphatic carbocycles. The van der Waals surface area contributed by atoms with Crippen molar-refractivity contribution in [3.8, 4) is 10.7 Å². The summed E-state index contributed by atoms with van der Waals surface area (Å²) >= 11 is 1.55. The summed E-state index contributed by atoms with van der Waals surface area (Å²) in [6.45, 7) is 1.82. The van der Waals surface area contributed by atoms with E-state index >= 15 is 0 Å². The van der Waals surface area contributed by atoms with Crippen LogP contribution in [-0.4, -0.2) is 26.1 Å². The number of tetrazole rings is 1. The molecular formula is C22H19N5OS. The molecule has 2 aromatic carbocycles. The van der Waals surface area contributed by atoms with Crippen LogP contribution < -0.4 is 4.90 Å². The monoisotopic (exact) mass is 401 g/mol. The van der Waals surface area contributed by atoms with Crippen LogP contribution in [0.5, 0.6) is 0 Å². The molecule has 3 heterocycles. The molecule has 0 bridgehead atoms. The number of carbonyl (C=O) groups excluding carboxylic acids is 1. The zero-order chi connectivity index (χ0) is 19.8. The lowest BCUT2D eigenvalue weighted by molar-refractivity contribution is -0.121. The van der Waals surface area contributed by atoms with Crippen molar-refractivity contribution < 1.29 is 4.79 Å². The molecule has 6 nitrogen and oxygen atoms in total. The van der Waals surface area contributed by atoms with Gasteiger partial charge >= 0.3 is 0 Å². The molecule has 1 aliphatic heterocycles. The summed E-state index contributed by atoms with van der Waals surface area (Å²) in [6, 6.07) is 19.5. The number of carbonyl (C=O) groups is 1. The summed E-state index contributed by atoms with van der Waals surface area (Å²) in [5.74, 6) is 0.457. The summed E-state index contributed by atoms with van der Waals surface area (Å²) < 4.78 is 0. The summed E-state index contributed by atoms with van der Waals surface area (Å²) in [7, 11) is 0. The number of benzene rings is 2. The van der Waals surface area contributed by atoms with Gasteiger partial charge < -0.3 is 0 Å². The van der Waals surface area contributed by atoms with Crippen molar-refractivity contribution in [1.82, 2.24) is 20.2 Å². The fourth-order valence-electron chi connectivity index (χ4n) is 3.70. The molecule has 0 radical (unpaired) electrons. The van der Waals surface area contributed by atoms with E-state index in [1.165, 1.54) is 4.80 Å². The third-order valence-corrected chi connectivity index (χ3v) is 6.09. The fourth-order valence-corrected chi connectivity index (χ4v) is 4.34. The first-order chi connectivity index (χ1) is 14.2. The van der Waals surface area contributed by atoms with Crippen LogP contribution >= 0.6 is 11.3 Å². The molecule has 5 rings (SSSR count). The van der Waals surface area contributed by atoms with E-state index in [0.29, 0.717) is 5.82 Å². The number of hydrogen-bond donors (Lipinski definition) is 0. The number of aryl methyl sites for hydroxylation is 2. The molecule has 1 amide bonds. The average Bonchev–Trinajstić information content (AvgIpc) is 3.42. The van der Waals surface area contributed by atoms with Gasteiger partial charge in [0.15, 0.2) is 0 Å². The van der Waals surface area contributed by atoms with Gasteiger partial charge in [-0.25, -0.2) is 0 Å². The summed E-state index contributed by atoms with van der Waals surface area (Å²) in [5.41, 5.74) is 4.17. The smallest absolute Gasteiger partial charge is 0.258 e. The van der Waals surface area contributed by atoms with Crippen LogP contribution in [0, 0.1) is 0 Å². The third-order valence-electron chi connectivity index (χ3n) is 5.22. The van der Waals surface area contributed by atoms with E-state index in [2.05, 4.69) is 27.5 Å². The number of amides is 1. The summed E-state index contributed by atoms with van der Waals surface area (Å²) in [4.78, 5) is 17.8. The summed E-state index contributed by atoms with van der Waals surface area (Å²) in [5, 5.41) is 14.7. The number of rotatable bonds is 3. The second-order valence-corrected chi connectivity index (χ2v) is 7.97. The van der Waals surface area contributed by atoms with Crippen LogP contribution in [0.4, 0.5) is 11.4 Å². The minimum Gasteiger partial charge on any atom is -0.279 e. The molecule has 7 heteroatoms. The van der Waals surface area contributed by atoms with E-state index in [1.54, 1.807) is 11.3 Å². The second kappa shape index (κ2) is 7.25. The van der Waals surface area contributed by atoms with Gasteiger partial charge in [-0.2, -0.15) is 4.80 Å². The number of nitrogens with zero attached hydrogens (tertiary/aromatic N) is 5. The van der Waals surface area contributed by atoms with Crippen LogP contribution in [0.25, 0.3) is 10.7 Å². The maximum atomic E-state index is 13.7. The zero-order valence-electron chi connectivity index (χ0n) is 15.9. The van der Waals surface area contributed by atoms with Crippen molar-refractivity contribution in [2.24, 2.45) is 0 Å². The molecule has 0 saturated carbocycles. The molecule has 144 valence electrons. The van der Waals surface area contributed by atoms with E-state index in [0.717, 1.165) is 40.2 Å². The Labute approximate surface area is 172 Å². The summed E-state index contributed by atoms with van der Waals surface area (Å²) in [6.07, 6.45) is 1.80. The third kappa shape index (κ3) is 3.13. The quantitative estimate of drug-likeness (QED) is 0.510. The molecular weight excluding hydrogens is 382 g/mol. The fraction of sp³-hybridized carbons (Fsp3) is 0.182. The number of aromatic nitrogens is 4. The first kappa shape index (κ1) is 17.8. The van der Waals surface area contributed by atoms with Crippen LogP contribution in [0.2, 0.25) is 0 Å². The first-order valence-electron chi connectivity index (χ1n) is 9.55. The molecule has 1 aliphatic rings. The van der Waals surface area contributed by atoms with E-state index in [4.69, 9.17) is 0 Å². The number of thiophene rings is 1. The molecule has 29 heavy (non-hydrogen) atoms. The Kier molecular flexibility index (Phi) is 4.44. The van der Waals surface area contributed by atoms with Crippen LogP contribution in [0.1, 0.15) is 24.1 Å². The zero-order valence-corrected chi connectivity index (χ0v) is 16.7. The highest BCUT2D eigenvalue weighted by molar-refractivity contribution is 7.13. The van der Waals surface area contributed by atoms with Crippen molar-refractivity contribution in [3.63, 3.8) is 0 Å². The minimum absolute atomic E-state index is 0.0815. The predicted octanol–water partition coefficient (Wildman–Crippen LogP) is 4.43. The molecule has 4 aromatic rings. The van der Waals surface area contributed by atoms with Gasteiger partial charge in [-0.05, 0) is 59.7 Å². The van der Waals surface area contributed by atoms with Gasteiger partial charge in [-0.1, -0.05) is 42.5 Å². The van der Waals surface area contributed by atoms with Gasteiger partial charge in [0.1, 0.15) is 6.04 Å². The Balaban J connectivity index is 1.55. The van der Waals surface area contributed by atoms with Gasteiger partial charge in [-0.3, -0.25) is 9.69 Å². The van der Waals surface area contributed by atoms with Crippen LogP contribution in [0.3, 0.4) is 0 Å². The van der Waals surface area contributed by atoms with Gasteiger partial charge in [0.05, 0.1) is 16.3 Å². The number of anilines is 2. The molecule has 0 spiro atoms. The Morgan fingerprint density at radius 2 is 1.62 bits per heavy atom. The maximum Gasteiger partial charge on any atom is 0.258 e. The van der Waals surface area contributed by atoms with Gasteiger partial charge in [0, 0.05) is 0 Å². The Morgan fingerprint density at radius 3 is 2.24 bits per heavy atom. The highest BCUT2D eigenvalue weighted by Crippen LogP contribution is 2.37. The predicted molar refractivity (Wildman–Crippen MR) is 113 cm³/mol. The van der Waals surface area contributed by atoms with Gasteiger partial charge in [0.2, 0.25) is 5.82 Å². The number of hydrogen-bond acceptors (Lipinski definition) is 5. The highest BCUT2D eigenvalue weighted by Gasteiger charge is 2.31. The van der Waals surface area contributed by atoms with E-state index < -0.39 is 6.04 Å². The Morgan fingerprint density at radius 1 is 0.966 bits per heavy atom. The number of para-hydroxylation sites is 2. The molecule has 1 atom stereocenters. The van der Waals surface area contributed by atoms with Crippen molar-refractivity contribution in [3.05, 3.63) is 77.2 Å². The SMILES string of the molecule is C[C@@H](C(=O)N1c2ccccc2CCc2ccccc21)n1nnc(-c2cccs2)n1. The normalized spacial score (nSPS) is 14.0. The van der Waals surface area contributed by atoms with Crippen LogP contribution in [0.15, 0.2) is 66.0 Å². The first-order valence-corrected chi connectivity index (χ1v) is 10.4. The lowest BCUT2D eigenvalue weighted by Gasteiger charge is -2.27. The van der Waals surface area contributed by atoms with Crippen molar-refractivity contribution >= 4 is 28.6 Å². The van der Waals surface area contributed by atoms with Crippen molar-refractivity contribution in [2.45, 2.75) is 25.8 Å². The average molecular weight is 401 g/mol. The van der Waals surface area contributed by atoms with Gasteiger partial charge in [0.25, 0.3) is 5.91 Å². The maximum absolute atomic E-state index is 13.7. The standard InChI is InChI=1S/C22H19N5OS/c1-15(27-24-21(23-25-27)20-11-6-14-29-20)22(28)26-18-9-4-2-7-16(18)12-13-17-8-3-5-10-19(17)26/h2-11,14-15H,12-13H2,1H3/t15-/m0/s1. The van der Waals surface area contributed by atoms with E-state index in [9.17, 15) is 4.79 Å². The molecule has 0 saturated heterocycles. The Bertz CT molecular complexity index is 1120. The number of fused-ring (bicyclic) bond motifs is 2.